The normalized spacial score (nSPS) is 10.6. The van der Waals surface area contributed by atoms with Crippen molar-refractivity contribution in [3.05, 3.63) is 34.6 Å². The van der Waals surface area contributed by atoms with Gasteiger partial charge in [0.2, 0.25) is 5.88 Å². The first-order chi connectivity index (χ1) is 7.08. The van der Waals surface area contributed by atoms with Crippen LogP contribution in [-0.2, 0) is 0 Å². The number of nitrogens with zero attached hydrogens (tertiary/aromatic N) is 1. The van der Waals surface area contributed by atoms with Crippen molar-refractivity contribution >= 4 is 17.5 Å². The highest BCUT2D eigenvalue weighted by atomic mass is 35.5. The molecule has 0 unspecified atom stereocenters. The van der Waals surface area contributed by atoms with Gasteiger partial charge in [-0.05, 0) is 24.6 Å². The molecule has 78 valence electrons. The largest absolute Gasteiger partial charge is 0.368 e. The number of rotatable bonds is 1. The average Bonchev–Trinajstić information content (AvgIpc) is 2.58. The third-order valence-electron chi connectivity index (χ3n) is 2.02. The van der Waals surface area contributed by atoms with Crippen LogP contribution in [0.25, 0.3) is 11.3 Å². The molecule has 0 saturated carbocycles. The fourth-order valence-electron chi connectivity index (χ4n) is 1.33. The highest BCUT2D eigenvalue weighted by molar-refractivity contribution is 6.30. The zero-order chi connectivity index (χ0) is 11.0. The fraction of sp³-hybridized carbons (Fsp3) is 0.100. The molecule has 0 aliphatic heterocycles. The van der Waals surface area contributed by atoms with Gasteiger partial charge in [0.25, 0.3) is 0 Å². The van der Waals surface area contributed by atoms with Crippen LogP contribution in [-0.4, -0.2) is 5.16 Å². The Labute approximate surface area is 90.6 Å². The van der Waals surface area contributed by atoms with Gasteiger partial charge in [-0.25, -0.2) is 4.39 Å². The zero-order valence-corrected chi connectivity index (χ0v) is 8.68. The monoisotopic (exact) mass is 226 g/mol. The predicted octanol–water partition coefficient (Wildman–Crippen LogP) is 3.02. The molecule has 0 spiro atoms. The average molecular weight is 227 g/mol. The van der Waals surface area contributed by atoms with Crippen LogP contribution in [0.2, 0.25) is 5.02 Å². The smallest absolute Gasteiger partial charge is 0.222 e. The zero-order valence-electron chi connectivity index (χ0n) is 7.92. The number of nitrogen functional groups attached to an aromatic ring is 1. The van der Waals surface area contributed by atoms with Gasteiger partial charge in [-0.2, -0.15) is 0 Å². The van der Waals surface area contributed by atoms with E-state index in [1.54, 1.807) is 13.0 Å². The Morgan fingerprint density at radius 2 is 2.13 bits per heavy atom. The highest BCUT2D eigenvalue weighted by Crippen LogP contribution is 2.28. The lowest BCUT2D eigenvalue weighted by Crippen LogP contribution is -1.89. The number of aryl methyl sites for hydroxylation is 1. The summed E-state index contributed by atoms with van der Waals surface area (Å²) in [7, 11) is 0. The molecular formula is C10H8ClFN2O. The first kappa shape index (κ1) is 9.98. The van der Waals surface area contributed by atoms with Crippen molar-refractivity contribution < 1.29 is 8.91 Å². The summed E-state index contributed by atoms with van der Waals surface area (Å²) in [6, 6.07) is 4.49. The standard InChI is InChI=1S/C10H8ClFN2O/c1-5-2-6(11)3-7(10(5)12)8-4-9(13)15-14-8/h2-4H,13H2,1H3. The van der Waals surface area contributed by atoms with Crippen LogP contribution in [0, 0.1) is 12.7 Å². The summed E-state index contributed by atoms with van der Waals surface area (Å²) in [6.45, 7) is 1.63. The van der Waals surface area contributed by atoms with Crippen molar-refractivity contribution in [3.8, 4) is 11.3 Å². The Morgan fingerprint density at radius 3 is 2.73 bits per heavy atom. The first-order valence-corrected chi connectivity index (χ1v) is 4.64. The van der Waals surface area contributed by atoms with Crippen molar-refractivity contribution in [2.75, 3.05) is 5.73 Å². The summed E-state index contributed by atoms with van der Waals surface area (Å²) in [4.78, 5) is 0. The minimum Gasteiger partial charge on any atom is -0.368 e. The highest BCUT2D eigenvalue weighted by Gasteiger charge is 2.12. The summed E-state index contributed by atoms with van der Waals surface area (Å²) in [5.74, 6) is -0.227. The van der Waals surface area contributed by atoms with Crippen LogP contribution < -0.4 is 5.73 Å². The molecule has 1 aromatic heterocycles. The topological polar surface area (TPSA) is 52.0 Å². The SMILES string of the molecule is Cc1cc(Cl)cc(-c2cc(N)on2)c1F. The van der Waals surface area contributed by atoms with E-state index in [-0.39, 0.29) is 11.7 Å². The number of benzene rings is 1. The van der Waals surface area contributed by atoms with E-state index in [0.29, 0.717) is 21.8 Å². The molecule has 2 rings (SSSR count). The number of hydrogen-bond donors (Lipinski definition) is 1. The second-order valence-electron chi connectivity index (χ2n) is 3.20. The van der Waals surface area contributed by atoms with Crippen LogP contribution >= 0.6 is 11.6 Å². The quantitative estimate of drug-likeness (QED) is 0.813. The molecule has 0 atom stereocenters. The van der Waals surface area contributed by atoms with Crippen LogP contribution in [0.5, 0.6) is 0 Å². The lowest BCUT2D eigenvalue weighted by Gasteiger charge is -2.02. The molecule has 15 heavy (non-hydrogen) atoms. The van der Waals surface area contributed by atoms with Crippen LogP contribution in [0.3, 0.4) is 0 Å². The summed E-state index contributed by atoms with van der Waals surface area (Å²) < 4.78 is 18.4. The summed E-state index contributed by atoms with van der Waals surface area (Å²) in [6.07, 6.45) is 0. The molecule has 0 radical (unpaired) electrons. The fourth-order valence-corrected chi connectivity index (χ4v) is 1.60. The molecule has 5 heteroatoms. The summed E-state index contributed by atoms with van der Waals surface area (Å²) in [5.41, 5.74) is 6.45. The summed E-state index contributed by atoms with van der Waals surface area (Å²) in [5, 5.41) is 4.08. The Hall–Kier alpha value is -1.55. The minimum atomic E-state index is -0.368. The van der Waals surface area contributed by atoms with Gasteiger partial charge in [0, 0.05) is 16.7 Å². The molecule has 3 nitrogen and oxygen atoms in total. The molecular weight excluding hydrogens is 219 g/mol. The molecule has 0 aliphatic carbocycles. The maximum atomic E-state index is 13.7. The third kappa shape index (κ3) is 1.80. The van der Waals surface area contributed by atoms with E-state index >= 15 is 0 Å². The molecule has 0 fully saturated rings. The molecule has 0 saturated heterocycles. The molecule has 1 heterocycles. The van der Waals surface area contributed by atoms with Gasteiger partial charge in [0.05, 0.1) is 0 Å². The third-order valence-corrected chi connectivity index (χ3v) is 2.24. The Kier molecular flexibility index (Phi) is 2.36. The number of halogens is 2. The predicted molar refractivity (Wildman–Crippen MR) is 56.1 cm³/mol. The lowest BCUT2D eigenvalue weighted by atomic mass is 10.1. The Bertz CT molecular complexity index is 510. The first-order valence-electron chi connectivity index (χ1n) is 4.26. The molecule has 2 N–H and O–H groups in total. The van der Waals surface area contributed by atoms with Crippen LogP contribution in [0.15, 0.2) is 22.7 Å². The Balaban J connectivity index is 2.62. The molecule has 0 aliphatic rings. The maximum absolute atomic E-state index is 13.7. The van der Waals surface area contributed by atoms with Gasteiger partial charge in [-0.15, -0.1) is 0 Å². The number of nitrogens with two attached hydrogens (primary N) is 1. The molecule has 1 aromatic carbocycles. The van der Waals surface area contributed by atoms with Gasteiger partial charge in [-0.3, -0.25) is 0 Å². The van der Waals surface area contributed by atoms with Crippen molar-refractivity contribution in [3.63, 3.8) is 0 Å². The van der Waals surface area contributed by atoms with Gasteiger partial charge < -0.3 is 10.3 Å². The van der Waals surface area contributed by atoms with Crippen molar-refractivity contribution in [1.29, 1.82) is 0 Å². The number of aromatic nitrogens is 1. The van der Waals surface area contributed by atoms with E-state index in [1.165, 1.54) is 12.1 Å². The second kappa shape index (κ2) is 3.55. The van der Waals surface area contributed by atoms with Crippen molar-refractivity contribution in [2.24, 2.45) is 0 Å². The van der Waals surface area contributed by atoms with Crippen molar-refractivity contribution in [1.82, 2.24) is 5.16 Å². The minimum absolute atomic E-state index is 0.141. The van der Waals surface area contributed by atoms with E-state index in [9.17, 15) is 4.39 Å². The van der Waals surface area contributed by atoms with Gasteiger partial charge >= 0.3 is 0 Å². The molecule has 2 aromatic rings. The summed E-state index contributed by atoms with van der Waals surface area (Å²) >= 11 is 5.82. The van der Waals surface area contributed by atoms with Gasteiger partial charge in [0.15, 0.2) is 0 Å². The second-order valence-corrected chi connectivity index (χ2v) is 3.64. The van der Waals surface area contributed by atoms with Gasteiger partial charge in [0.1, 0.15) is 11.5 Å². The van der Waals surface area contributed by atoms with Crippen molar-refractivity contribution in [2.45, 2.75) is 6.92 Å². The number of anilines is 1. The van der Waals surface area contributed by atoms with Gasteiger partial charge in [-0.1, -0.05) is 16.8 Å². The molecule has 0 amide bonds. The Morgan fingerprint density at radius 1 is 1.40 bits per heavy atom. The van der Waals surface area contributed by atoms with Crippen LogP contribution in [0.4, 0.5) is 10.3 Å². The number of hydrogen-bond acceptors (Lipinski definition) is 3. The lowest BCUT2D eigenvalue weighted by molar-refractivity contribution is 0.438. The maximum Gasteiger partial charge on any atom is 0.222 e. The van der Waals surface area contributed by atoms with E-state index < -0.39 is 0 Å². The van der Waals surface area contributed by atoms with E-state index in [0.717, 1.165) is 0 Å². The van der Waals surface area contributed by atoms with E-state index in [1.807, 2.05) is 0 Å². The van der Waals surface area contributed by atoms with E-state index in [4.69, 9.17) is 17.3 Å². The van der Waals surface area contributed by atoms with E-state index in [2.05, 4.69) is 9.68 Å². The van der Waals surface area contributed by atoms with Crippen LogP contribution in [0.1, 0.15) is 5.56 Å². The molecule has 0 bridgehead atoms.